The van der Waals surface area contributed by atoms with Gasteiger partial charge in [-0.2, -0.15) is 0 Å². The molecule has 0 fully saturated rings. The maximum Gasteiger partial charge on any atom is 0.326 e. The van der Waals surface area contributed by atoms with Gasteiger partial charge in [-0.1, -0.05) is 156 Å². The van der Waals surface area contributed by atoms with Crippen molar-refractivity contribution in [3.05, 3.63) is 166 Å². The highest BCUT2D eigenvalue weighted by Crippen LogP contribution is 2.53. The monoisotopic (exact) mass is 923 g/mol. The fourth-order valence-corrected chi connectivity index (χ4v) is 11.0. The average molecular weight is 923 g/mol. The van der Waals surface area contributed by atoms with Crippen molar-refractivity contribution in [2.45, 2.75) is 158 Å². The minimum atomic E-state index is -1.65. The first-order valence-electron chi connectivity index (χ1n) is 24.1. The van der Waals surface area contributed by atoms with Crippen molar-refractivity contribution >= 4 is 27.4 Å². The molecule has 0 saturated carbocycles. The minimum absolute atomic E-state index is 0.0359. The van der Waals surface area contributed by atoms with Crippen LogP contribution in [0.5, 0.6) is 23.0 Å². The van der Waals surface area contributed by atoms with E-state index in [0.29, 0.717) is 0 Å². The Labute approximate surface area is 401 Å². The van der Waals surface area contributed by atoms with Crippen molar-refractivity contribution in [1.82, 2.24) is 0 Å². The van der Waals surface area contributed by atoms with Crippen LogP contribution in [0.4, 0.5) is 0 Å². The van der Waals surface area contributed by atoms with Crippen LogP contribution < -0.4 is 28.7 Å². The smallest absolute Gasteiger partial charge is 0.326 e. The predicted molar refractivity (Wildman–Crippen MR) is 285 cm³/mol. The summed E-state index contributed by atoms with van der Waals surface area (Å²) in [5.74, 6) is 3.27. The van der Waals surface area contributed by atoms with Gasteiger partial charge in [-0.3, -0.25) is 0 Å². The van der Waals surface area contributed by atoms with E-state index in [0.717, 1.165) is 92.7 Å². The third-order valence-electron chi connectivity index (χ3n) is 14.3. The van der Waals surface area contributed by atoms with Gasteiger partial charge >= 0.3 is 16.8 Å². The summed E-state index contributed by atoms with van der Waals surface area (Å²) in [7, 11) is -3.30. The first-order valence-corrected chi connectivity index (χ1v) is 26.4. The first-order chi connectivity index (χ1) is 31.1. The number of benzene rings is 6. The number of rotatable bonds is 19. The summed E-state index contributed by atoms with van der Waals surface area (Å²) >= 11 is 0. The molecule has 350 valence electrons. The van der Waals surface area contributed by atoms with Crippen LogP contribution in [-0.2, 0) is 21.7 Å². The summed E-state index contributed by atoms with van der Waals surface area (Å²) in [5.41, 5.74) is 11.1. The van der Waals surface area contributed by atoms with Crippen molar-refractivity contribution in [1.29, 1.82) is 0 Å². The Morgan fingerprint density at radius 2 is 0.712 bits per heavy atom. The zero-order chi connectivity index (χ0) is 48.2. The molecule has 0 N–H and O–H groups in total. The lowest BCUT2D eigenvalue weighted by Gasteiger charge is -2.32. The van der Waals surface area contributed by atoms with Gasteiger partial charge in [-0.25, -0.2) is 0 Å². The third-order valence-corrected chi connectivity index (χ3v) is 17.2. The lowest BCUT2D eigenvalue weighted by Crippen LogP contribution is -2.21. The normalized spacial score (nSPS) is 13.3. The van der Waals surface area contributed by atoms with Gasteiger partial charge in [0.2, 0.25) is 0 Å². The highest BCUT2D eigenvalue weighted by molar-refractivity contribution is 7.57. The molecule has 0 radical (unpaired) electrons. The summed E-state index contributed by atoms with van der Waals surface area (Å²) in [6, 6.07) is 43.3. The Hall–Kier alpha value is -4.62. The van der Waals surface area contributed by atoms with Crippen molar-refractivity contribution in [3.63, 3.8) is 0 Å². The lowest BCUT2D eigenvalue weighted by atomic mass is 9.76. The van der Waals surface area contributed by atoms with E-state index in [1.165, 1.54) is 22.3 Å². The number of hydrogen-bond acceptors (Lipinski definition) is 4. The minimum Gasteiger partial charge on any atom is -0.435 e. The zero-order valence-corrected chi connectivity index (χ0v) is 44.7. The van der Waals surface area contributed by atoms with Crippen molar-refractivity contribution in [2.75, 3.05) is 0 Å². The highest BCUT2D eigenvalue weighted by Gasteiger charge is 2.33. The highest BCUT2D eigenvalue weighted by atomic mass is 31.2. The maximum atomic E-state index is 7.39. The summed E-state index contributed by atoms with van der Waals surface area (Å²) in [5, 5.41) is 1.99. The second-order valence-electron chi connectivity index (χ2n) is 20.8. The number of aryl methyl sites for hydroxylation is 4. The maximum absolute atomic E-state index is 7.39. The fourth-order valence-electron chi connectivity index (χ4n) is 8.15. The van der Waals surface area contributed by atoms with Crippen LogP contribution in [0, 0.1) is 27.7 Å². The van der Waals surface area contributed by atoms with E-state index >= 15 is 0 Å². The fraction of sp³-hybridized carbons (Fsp3) is 0.400. The SMILES string of the molecule is CCC(C)(C)c1ccc(OP(Oc2c(C)cc(C)cc2-c2cc(C)cc(C)c2OP(Oc2ccc(C(C)(C)CC)cc2C(C)(C)CC)c2ccccc2)c2ccccc2)c(C(C)(C)CC)c1. The van der Waals surface area contributed by atoms with E-state index in [2.05, 4.69) is 220 Å². The second-order valence-corrected chi connectivity index (χ2v) is 23.6. The predicted octanol–water partition coefficient (Wildman–Crippen LogP) is 17.5. The molecule has 0 saturated heterocycles. The Morgan fingerprint density at radius 3 is 1.03 bits per heavy atom. The van der Waals surface area contributed by atoms with E-state index in [9.17, 15) is 0 Å². The Bertz CT molecular complexity index is 2410. The average Bonchev–Trinajstić information content (AvgIpc) is 3.30. The molecule has 0 amide bonds. The Morgan fingerprint density at radius 1 is 0.379 bits per heavy atom. The van der Waals surface area contributed by atoms with E-state index in [4.69, 9.17) is 18.1 Å². The van der Waals surface area contributed by atoms with Crippen LogP contribution in [0.1, 0.15) is 153 Å². The second kappa shape index (κ2) is 20.7. The van der Waals surface area contributed by atoms with Crippen molar-refractivity contribution in [3.8, 4) is 34.1 Å². The zero-order valence-electron chi connectivity index (χ0n) is 42.9. The van der Waals surface area contributed by atoms with Crippen molar-refractivity contribution < 1.29 is 18.1 Å². The van der Waals surface area contributed by atoms with Crippen LogP contribution in [0.2, 0.25) is 0 Å². The largest absolute Gasteiger partial charge is 0.435 e. The molecular weight excluding hydrogens is 847 g/mol. The molecule has 0 bridgehead atoms. The summed E-state index contributed by atoms with van der Waals surface area (Å²) < 4.78 is 29.3. The molecule has 0 spiro atoms. The van der Waals surface area contributed by atoms with Crippen LogP contribution in [0.15, 0.2) is 121 Å². The number of hydrogen-bond donors (Lipinski definition) is 0. The van der Waals surface area contributed by atoms with Crippen LogP contribution >= 0.6 is 16.8 Å². The van der Waals surface area contributed by atoms with Gasteiger partial charge in [0, 0.05) is 22.3 Å². The standard InChI is InChI=1S/C60H76O4P2/c1-17-57(9,10)45-31-33-53(51(39-45)59(13,14)19-3)61-65(47-27-23-21-24-28-47)63-55-43(7)35-41(5)37-49(55)50-38-42(6)36-44(8)56(50)64-66(48-29-25-22-26-30-48)62-54-34-32-46(58(11,12)18-2)40-52(54)60(15,16)20-4/h21-40H,17-20H2,1-16H3. The lowest BCUT2D eigenvalue weighted by molar-refractivity contribution is 0.451. The van der Waals surface area contributed by atoms with Gasteiger partial charge in [0.1, 0.15) is 23.0 Å². The molecule has 6 rings (SSSR count). The molecule has 0 aliphatic rings. The van der Waals surface area contributed by atoms with Gasteiger partial charge < -0.3 is 18.1 Å². The Balaban J connectivity index is 1.50. The first kappa shape index (κ1) is 50.8. The quantitative estimate of drug-likeness (QED) is 0.0759. The molecule has 6 aromatic carbocycles. The van der Waals surface area contributed by atoms with Crippen LogP contribution in [-0.4, -0.2) is 0 Å². The summed E-state index contributed by atoms with van der Waals surface area (Å²) in [6.45, 7) is 36.2. The molecule has 4 nitrogen and oxygen atoms in total. The van der Waals surface area contributed by atoms with Gasteiger partial charge in [-0.15, -0.1) is 0 Å². The topological polar surface area (TPSA) is 36.9 Å². The molecule has 66 heavy (non-hydrogen) atoms. The molecule has 0 aliphatic heterocycles. The van der Waals surface area contributed by atoms with Crippen molar-refractivity contribution in [2.24, 2.45) is 0 Å². The van der Waals surface area contributed by atoms with E-state index in [-0.39, 0.29) is 21.7 Å². The molecule has 6 aromatic rings. The van der Waals surface area contributed by atoms with Gasteiger partial charge in [0.05, 0.1) is 10.6 Å². The van der Waals surface area contributed by atoms with Gasteiger partial charge in [0.25, 0.3) is 0 Å². The molecule has 2 atom stereocenters. The Kier molecular flexibility index (Phi) is 15.9. The molecule has 2 unspecified atom stereocenters. The molecule has 0 heterocycles. The van der Waals surface area contributed by atoms with Gasteiger partial charge in [-0.05, 0) is 157 Å². The molecule has 0 aliphatic carbocycles. The summed E-state index contributed by atoms with van der Waals surface area (Å²) in [6.07, 6.45) is 4.02. The van der Waals surface area contributed by atoms with E-state index in [1.807, 2.05) is 12.1 Å². The molecule has 0 aromatic heterocycles. The van der Waals surface area contributed by atoms with E-state index in [1.54, 1.807) is 0 Å². The van der Waals surface area contributed by atoms with E-state index < -0.39 is 16.8 Å². The third kappa shape index (κ3) is 11.4. The van der Waals surface area contributed by atoms with Crippen LogP contribution in [0.3, 0.4) is 0 Å². The summed E-state index contributed by atoms with van der Waals surface area (Å²) in [4.78, 5) is 0. The van der Waals surface area contributed by atoms with Crippen LogP contribution in [0.25, 0.3) is 11.1 Å². The molecular formula is C60H76O4P2. The van der Waals surface area contributed by atoms with Gasteiger partial charge in [0.15, 0.2) is 0 Å². The molecule has 6 heteroatoms.